The first-order valence-electron chi connectivity index (χ1n) is 13.8. The van der Waals surface area contributed by atoms with Crippen molar-refractivity contribution in [3.63, 3.8) is 0 Å². The number of carbonyl (C=O) groups excluding carboxylic acids is 2. The maximum Gasteiger partial charge on any atom is 0.257 e. The number of likely N-dealkylation sites (tertiary alicyclic amines) is 1. The number of aliphatic hydroxyl groups excluding tert-OH is 1. The van der Waals surface area contributed by atoms with E-state index in [9.17, 15) is 14.7 Å². The van der Waals surface area contributed by atoms with Gasteiger partial charge in [-0.15, -0.1) is 0 Å². The van der Waals surface area contributed by atoms with Crippen molar-refractivity contribution in [1.29, 1.82) is 0 Å². The molecule has 2 atom stereocenters. The van der Waals surface area contributed by atoms with Crippen molar-refractivity contribution in [2.24, 2.45) is 5.41 Å². The van der Waals surface area contributed by atoms with Gasteiger partial charge in [0.1, 0.15) is 12.4 Å². The zero-order chi connectivity index (χ0) is 26.3. The molecule has 0 bridgehead atoms. The van der Waals surface area contributed by atoms with Gasteiger partial charge < -0.3 is 29.7 Å². The molecule has 2 aromatic rings. The number of rotatable bonds is 5. The van der Waals surface area contributed by atoms with Crippen molar-refractivity contribution >= 4 is 11.8 Å². The minimum Gasteiger partial charge on any atom is -0.491 e. The van der Waals surface area contributed by atoms with Crippen LogP contribution >= 0.6 is 0 Å². The van der Waals surface area contributed by atoms with E-state index in [0.29, 0.717) is 48.1 Å². The number of hydrogen-bond donors (Lipinski definition) is 2. The SMILES string of the molecule is COC1CC2(CCN(C(=O)c3ccc4c(c3)OCCN(C[C@@H](O)C3Cc5ccccc5CN3)C4=O)CC2)C1. The second-order valence-electron chi connectivity index (χ2n) is 11.4. The summed E-state index contributed by atoms with van der Waals surface area (Å²) < 4.78 is 11.4. The highest BCUT2D eigenvalue weighted by molar-refractivity contribution is 6.00. The molecule has 8 nitrogen and oxygen atoms in total. The molecule has 4 aliphatic rings. The van der Waals surface area contributed by atoms with Gasteiger partial charge in [0.2, 0.25) is 0 Å². The van der Waals surface area contributed by atoms with Crippen molar-refractivity contribution in [2.75, 3.05) is 39.9 Å². The van der Waals surface area contributed by atoms with E-state index in [1.807, 2.05) is 17.0 Å². The largest absolute Gasteiger partial charge is 0.491 e. The molecule has 0 radical (unpaired) electrons. The monoisotopic (exact) mass is 519 g/mol. The van der Waals surface area contributed by atoms with Crippen LogP contribution in [0.5, 0.6) is 5.75 Å². The summed E-state index contributed by atoms with van der Waals surface area (Å²) in [7, 11) is 1.77. The number of hydrogen-bond acceptors (Lipinski definition) is 6. The molecule has 1 saturated heterocycles. The van der Waals surface area contributed by atoms with E-state index < -0.39 is 6.10 Å². The molecule has 1 aliphatic carbocycles. The number of benzene rings is 2. The molecular weight excluding hydrogens is 482 g/mol. The predicted octanol–water partition coefficient (Wildman–Crippen LogP) is 2.63. The number of ether oxygens (including phenoxy) is 2. The van der Waals surface area contributed by atoms with Crippen LogP contribution in [0.15, 0.2) is 42.5 Å². The van der Waals surface area contributed by atoms with Crippen LogP contribution in [0.25, 0.3) is 0 Å². The highest BCUT2D eigenvalue weighted by Gasteiger charge is 2.46. The van der Waals surface area contributed by atoms with Crippen LogP contribution < -0.4 is 10.1 Å². The first-order chi connectivity index (χ1) is 18.4. The molecule has 38 heavy (non-hydrogen) atoms. The third-order valence-electron chi connectivity index (χ3n) is 9.12. The van der Waals surface area contributed by atoms with Crippen molar-refractivity contribution < 1.29 is 24.2 Å². The fourth-order valence-electron chi connectivity index (χ4n) is 6.62. The van der Waals surface area contributed by atoms with E-state index in [1.165, 1.54) is 11.1 Å². The second-order valence-corrected chi connectivity index (χ2v) is 11.4. The standard InChI is InChI=1S/C30H37N3O5/c1-37-23-16-30(17-23)8-10-32(11-9-30)28(35)21-6-7-24-27(15-21)38-13-12-33(29(24)36)19-26(34)25-14-20-4-2-3-5-22(20)18-31-25/h2-7,15,23,25-26,31,34H,8-14,16-19H2,1H3/t25?,26-/m1/s1. The third-order valence-corrected chi connectivity index (χ3v) is 9.12. The number of methoxy groups -OCH3 is 1. The van der Waals surface area contributed by atoms with Gasteiger partial charge in [0.15, 0.2) is 0 Å². The zero-order valence-corrected chi connectivity index (χ0v) is 22.0. The molecule has 2 N–H and O–H groups in total. The lowest BCUT2D eigenvalue weighted by atomic mass is 9.61. The van der Waals surface area contributed by atoms with Crippen LogP contribution in [-0.4, -0.2) is 84.9 Å². The number of carbonyl (C=O) groups is 2. The first kappa shape index (κ1) is 25.3. The van der Waals surface area contributed by atoms with E-state index in [0.717, 1.165) is 45.2 Å². The molecule has 202 valence electrons. The molecule has 6 rings (SSSR count). The topological polar surface area (TPSA) is 91.3 Å². The molecule has 8 heteroatoms. The average Bonchev–Trinajstić information content (AvgIpc) is 3.09. The Hall–Kier alpha value is -2.94. The van der Waals surface area contributed by atoms with Gasteiger partial charge in [0, 0.05) is 44.9 Å². The average molecular weight is 520 g/mol. The molecule has 2 aromatic carbocycles. The quantitative estimate of drug-likeness (QED) is 0.631. The highest BCUT2D eigenvalue weighted by atomic mass is 16.5. The smallest absolute Gasteiger partial charge is 0.257 e. The molecule has 3 aliphatic heterocycles. The number of amides is 2. The van der Waals surface area contributed by atoms with Crippen molar-refractivity contribution in [2.45, 2.75) is 56.9 Å². The number of aliphatic hydroxyl groups is 1. The summed E-state index contributed by atoms with van der Waals surface area (Å²) in [4.78, 5) is 30.3. The molecule has 2 fully saturated rings. The van der Waals surface area contributed by atoms with Gasteiger partial charge in [0.05, 0.1) is 24.3 Å². The van der Waals surface area contributed by atoms with Crippen LogP contribution in [0.1, 0.15) is 57.5 Å². The Balaban J connectivity index is 1.09. The lowest BCUT2D eigenvalue weighted by Crippen LogP contribution is -2.50. The summed E-state index contributed by atoms with van der Waals surface area (Å²) in [5.74, 6) is 0.254. The number of nitrogens with one attached hydrogen (secondary N) is 1. The normalized spacial score (nSPS) is 23.6. The Morgan fingerprint density at radius 2 is 1.92 bits per heavy atom. The van der Waals surface area contributed by atoms with Gasteiger partial charge in [-0.25, -0.2) is 0 Å². The zero-order valence-electron chi connectivity index (χ0n) is 22.0. The molecule has 2 amide bonds. The molecule has 1 saturated carbocycles. The van der Waals surface area contributed by atoms with E-state index in [-0.39, 0.29) is 24.4 Å². The fourth-order valence-corrected chi connectivity index (χ4v) is 6.62. The Morgan fingerprint density at radius 3 is 2.68 bits per heavy atom. The number of β-amino-alcohol motifs (C(OH)–C–C–N with tert-alkyl or cyclic N) is 1. The van der Waals surface area contributed by atoms with Gasteiger partial charge in [-0.05, 0) is 66.8 Å². The summed E-state index contributed by atoms with van der Waals surface area (Å²) in [5.41, 5.74) is 3.81. The number of nitrogens with zero attached hydrogens (tertiary/aromatic N) is 2. The van der Waals surface area contributed by atoms with Crippen LogP contribution in [-0.2, 0) is 17.7 Å². The maximum absolute atomic E-state index is 13.4. The van der Waals surface area contributed by atoms with Crippen molar-refractivity contribution in [3.8, 4) is 5.75 Å². The minimum absolute atomic E-state index is 0.0125. The van der Waals surface area contributed by atoms with Crippen LogP contribution in [0.3, 0.4) is 0 Å². The Bertz CT molecular complexity index is 1200. The fraction of sp³-hybridized carbons (Fsp3) is 0.533. The lowest BCUT2D eigenvalue weighted by Gasteiger charge is -2.51. The summed E-state index contributed by atoms with van der Waals surface area (Å²) in [6.07, 6.45) is 4.60. The minimum atomic E-state index is -0.702. The van der Waals surface area contributed by atoms with Gasteiger partial charge in [-0.1, -0.05) is 24.3 Å². The van der Waals surface area contributed by atoms with Gasteiger partial charge in [-0.3, -0.25) is 9.59 Å². The first-order valence-corrected chi connectivity index (χ1v) is 13.8. The molecule has 3 heterocycles. The van der Waals surface area contributed by atoms with Crippen molar-refractivity contribution in [1.82, 2.24) is 15.1 Å². The number of piperidine rings is 1. The van der Waals surface area contributed by atoms with Crippen LogP contribution in [0.4, 0.5) is 0 Å². The van der Waals surface area contributed by atoms with E-state index >= 15 is 0 Å². The van der Waals surface area contributed by atoms with Gasteiger partial charge >= 0.3 is 0 Å². The number of fused-ring (bicyclic) bond motifs is 2. The highest BCUT2D eigenvalue weighted by Crippen LogP contribution is 2.50. The lowest BCUT2D eigenvalue weighted by molar-refractivity contribution is -0.0841. The van der Waals surface area contributed by atoms with E-state index in [2.05, 4.69) is 17.4 Å². The summed E-state index contributed by atoms with van der Waals surface area (Å²) in [5, 5.41) is 14.4. The molecule has 1 unspecified atom stereocenters. The molecule has 1 spiro atoms. The Morgan fingerprint density at radius 1 is 1.16 bits per heavy atom. The summed E-state index contributed by atoms with van der Waals surface area (Å²) >= 11 is 0. The van der Waals surface area contributed by atoms with E-state index in [4.69, 9.17) is 9.47 Å². The van der Waals surface area contributed by atoms with Gasteiger partial charge in [-0.2, -0.15) is 0 Å². The maximum atomic E-state index is 13.4. The summed E-state index contributed by atoms with van der Waals surface area (Å²) in [6, 6.07) is 13.3. The van der Waals surface area contributed by atoms with E-state index in [1.54, 1.807) is 30.2 Å². The van der Waals surface area contributed by atoms with Crippen LogP contribution in [0, 0.1) is 5.41 Å². The predicted molar refractivity (Wildman–Crippen MR) is 142 cm³/mol. The Kier molecular flexibility index (Phi) is 6.88. The van der Waals surface area contributed by atoms with Crippen molar-refractivity contribution in [3.05, 3.63) is 64.7 Å². The second kappa shape index (κ2) is 10.3. The third kappa shape index (κ3) is 4.81. The molecular formula is C30H37N3O5. The van der Waals surface area contributed by atoms with Crippen LogP contribution in [0.2, 0.25) is 0 Å². The Labute approximate surface area is 223 Å². The van der Waals surface area contributed by atoms with Gasteiger partial charge in [0.25, 0.3) is 11.8 Å². The summed E-state index contributed by atoms with van der Waals surface area (Å²) in [6.45, 7) is 3.13. The molecule has 0 aromatic heterocycles.